The monoisotopic (exact) mass is 273 g/mol. The van der Waals surface area contributed by atoms with Gasteiger partial charge in [-0.25, -0.2) is 13.6 Å². The maximum Gasteiger partial charge on any atom is 0.238 e. The van der Waals surface area contributed by atoms with Gasteiger partial charge in [-0.1, -0.05) is 18.3 Å². The van der Waals surface area contributed by atoms with Crippen molar-refractivity contribution in [3.8, 4) is 0 Å². The Hall–Kier alpha value is -1.51. The summed E-state index contributed by atoms with van der Waals surface area (Å²) in [5.74, 6) is -0.413. The molecule has 5 N–H and O–H groups in total. The Bertz CT molecular complexity index is 554. The van der Waals surface area contributed by atoms with Crippen LogP contribution in [0.15, 0.2) is 29.2 Å². The van der Waals surface area contributed by atoms with Gasteiger partial charge in [-0.15, -0.1) is 0 Å². The Morgan fingerprint density at radius 1 is 1.41 bits per heavy atom. The highest BCUT2D eigenvalue weighted by molar-refractivity contribution is 7.89. The molecule has 0 heterocycles. The van der Waals surface area contributed by atoms with Gasteiger partial charge in [-0.3, -0.25) is 4.79 Å². The van der Waals surface area contributed by atoms with E-state index in [1.165, 1.54) is 24.3 Å². The molecule has 0 fully saturated rings. The third-order valence-corrected chi connectivity index (χ3v) is 2.84. The van der Waals surface area contributed by atoms with Crippen LogP contribution in [0.3, 0.4) is 0 Å². The molecule has 0 radical (unpaired) electrons. The molecular formula is C9H11N3O3S2. The van der Waals surface area contributed by atoms with E-state index in [9.17, 15) is 13.2 Å². The lowest BCUT2D eigenvalue weighted by Gasteiger charge is -2.05. The van der Waals surface area contributed by atoms with E-state index in [1.807, 2.05) is 0 Å². The molecule has 6 nitrogen and oxygen atoms in total. The summed E-state index contributed by atoms with van der Waals surface area (Å²) >= 11 is 4.57. The number of benzene rings is 1. The Kier molecular flexibility index (Phi) is 4.16. The zero-order valence-corrected chi connectivity index (χ0v) is 10.3. The first-order chi connectivity index (χ1) is 7.79. The number of rotatable bonds is 4. The average Bonchev–Trinajstić information content (AvgIpc) is 2.15. The molecule has 0 aliphatic rings. The fraction of sp³-hybridized carbons (Fsp3) is 0.111. The minimum absolute atomic E-state index is 0.0603. The van der Waals surface area contributed by atoms with Gasteiger partial charge in [-0.05, 0) is 18.2 Å². The van der Waals surface area contributed by atoms with E-state index in [1.54, 1.807) is 0 Å². The lowest BCUT2D eigenvalue weighted by atomic mass is 10.3. The standard InChI is InChI=1S/C9H11N3O3S2/c10-8(16)5-9(13)12-6-2-1-3-7(4-6)17(11,14)15/h1-4H,5H2,(H2,10,16)(H,12,13)(H2,11,14,15). The van der Waals surface area contributed by atoms with E-state index in [4.69, 9.17) is 10.9 Å². The fourth-order valence-corrected chi connectivity index (χ4v) is 1.80. The average molecular weight is 273 g/mol. The van der Waals surface area contributed by atoms with E-state index < -0.39 is 15.9 Å². The molecule has 0 unspecified atom stereocenters. The number of carbonyl (C=O) groups excluding carboxylic acids is 1. The van der Waals surface area contributed by atoms with Gasteiger partial charge in [0, 0.05) is 5.69 Å². The molecule has 0 saturated heterocycles. The van der Waals surface area contributed by atoms with Gasteiger partial charge in [0.15, 0.2) is 0 Å². The molecule has 1 amide bonds. The SMILES string of the molecule is NC(=S)CC(=O)Nc1cccc(S(N)(=O)=O)c1. The third-order valence-electron chi connectivity index (χ3n) is 1.78. The first kappa shape index (κ1) is 13.6. The number of anilines is 1. The van der Waals surface area contributed by atoms with E-state index in [2.05, 4.69) is 17.5 Å². The number of nitrogens with one attached hydrogen (secondary N) is 1. The molecule has 1 aromatic carbocycles. The largest absolute Gasteiger partial charge is 0.393 e. The van der Waals surface area contributed by atoms with Crippen LogP contribution in [-0.4, -0.2) is 19.3 Å². The Balaban J connectivity index is 2.87. The number of amides is 1. The molecule has 92 valence electrons. The second kappa shape index (κ2) is 5.21. The predicted molar refractivity (Wildman–Crippen MR) is 67.8 cm³/mol. The third kappa shape index (κ3) is 4.47. The smallest absolute Gasteiger partial charge is 0.238 e. The van der Waals surface area contributed by atoms with Crippen molar-refractivity contribution in [2.24, 2.45) is 10.9 Å². The van der Waals surface area contributed by atoms with Crippen molar-refractivity contribution in [3.63, 3.8) is 0 Å². The van der Waals surface area contributed by atoms with Gasteiger partial charge in [0.2, 0.25) is 15.9 Å². The molecule has 0 aromatic heterocycles. The molecule has 0 bridgehead atoms. The van der Waals surface area contributed by atoms with Gasteiger partial charge in [-0.2, -0.15) is 0 Å². The highest BCUT2D eigenvalue weighted by atomic mass is 32.2. The highest BCUT2D eigenvalue weighted by Crippen LogP contribution is 2.14. The minimum Gasteiger partial charge on any atom is -0.393 e. The summed E-state index contributed by atoms with van der Waals surface area (Å²) < 4.78 is 22.1. The fourth-order valence-electron chi connectivity index (χ4n) is 1.11. The van der Waals surface area contributed by atoms with Gasteiger partial charge in [0.1, 0.15) is 0 Å². The second-order valence-electron chi connectivity index (χ2n) is 3.26. The lowest BCUT2D eigenvalue weighted by Crippen LogP contribution is -2.20. The molecule has 0 aliphatic carbocycles. The van der Waals surface area contributed by atoms with Crippen LogP contribution < -0.4 is 16.2 Å². The molecule has 0 atom stereocenters. The first-order valence-electron chi connectivity index (χ1n) is 4.50. The molecular weight excluding hydrogens is 262 g/mol. The van der Waals surface area contributed by atoms with Crippen LogP contribution in [0.1, 0.15) is 6.42 Å². The van der Waals surface area contributed by atoms with Crippen molar-refractivity contribution in [3.05, 3.63) is 24.3 Å². The minimum atomic E-state index is -3.79. The van der Waals surface area contributed by atoms with Crippen molar-refractivity contribution in [1.29, 1.82) is 0 Å². The normalized spacial score (nSPS) is 10.9. The van der Waals surface area contributed by atoms with Crippen LogP contribution in [0.4, 0.5) is 5.69 Å². The Labute approximate surface area is 104 Å². The van der Waals surface area contributed by atoms with Crippen molar-refractivity contribution >= 4 is 38.8 Å². The summed E-state index contributed by atoms with van der Waals surface area (Å²) in [5.41, 5.74) is 5.52. The topological polar surface area (TPSA) is 115 Å². The van der Waals surface area contributed by atoms with E-state index in [0.717, 1.165) is 0 Å². The molecule has 1 rings (SSSR count). The molecule has 0 aliphatic heterocycles. The number of thiocarbonyl (C=S) groups is 1. The van der Waals surface area contributed by atoms with Crippen molar-refractivity contribution < 1.29 is 13.2 Å². The zero-order chi connectivity index (χ0) is 13.1. The van der Waals surface area contributed by atoms with Gasteiger partial charge in [0.05, 0.1) is 16.3 Å². The summed E-state index contributed by atoms with van der Waals surface area (Å²) in [6.07, 6.45) is -0.102. The molecule has 8 heteroatoms. The zero-order valence-electron chi connectivity index (χ0n) is 8.71. The highest BCUT2D eigenvalue weighted by Gasteiger charge is 2.09. The van der Waals surface area contributed by atoms with Gasteiger partial charge < -0.3 is 11.1 Å². The van der Waals surface area contributed by atoms with E-state index in [0.29, 0.717) is 5.69 Å². The van der Waals surface area contributed by atoms with Crippen LogP contribution in [0.2, 0.25) is 0 Å². The predicted octanol–water partition coefficient (Wildman–Crippen LogP) is -0.0513. The molecule has 1 aromatic rings. The second-order valence-corrected chi connectivity index (χ2v) is 5.35. The van der Waals surface area contributed by atoms with E-state index in [-0.39, 0.29) is 16.3 Å². The van der Waals surface area contributed by atoms with Gasteiger partial charge >= 0.3 is 0 Å². The number of carbonyl (C=O) groups is 1. The lowest BCUT2D eigenvalue weighted by molar-refractivity contribution is -0.115. The molecule has 0 saturated carbocycles. The number of primary sulfonamides is 1. The summed E-state index contributed by atoms with van der Waals surface area (Å²) in [6.45, 7) is 0. The van der Waals surface area contributed by atoms with Crippen molar-refractivity contribution in [1.82, 2.24) is 0 Å². The first-order valence-corrected chi connectivity index (χ1v) is 6.45. The maximum absolute atomic E-state index is 11.3. The molecule has 17 heavy (non-hydrogen) atoms. The summed E-state index contributed by atoms with van der Waals surface area (Å²) in [5, 5.41) is 7.42. The number of nitrogens with two attached hydrogens (primary N) is 2. The van der Waals surface area contributed by atoms with Crippen LogP contribution in [0.25, 0.3) is 0 Å². The summed E-state index contributed by atoms with van der Waals surface area (Å²) in [4.78, 5) is 11.3. The van der Waals surface area contributed by atoms with E-state index >= 15 is 0 Å². The quantitative estimate of drug-likeness (QED) is 0.665. The maximum atomic E-state index is 11.3. The van der Waals surface area contributed by atoms with Crippen LogP contribution >= 0.6 is 12.2 Å². The van der Waals surface area contributed by atoms with Gasteiger partial charge in [0.25, 0.3) is 0 Å². The Morgan fingerprint density at radius 2 is 2.06 bits per heavy atom. The number of hydrogen-bond donors (Lipinski definition) is 3. The summed E-state index contributed by atoms with van der Waals surface area (Å²) in [7, 11) is -3.79. The summed E-state index contributed by atoms with van der Waals surface area (Å²) in [6, 6.07) is 5.59. The van der Waals surface area contributed by atoms with Crippen LogP contribution in [0.5, 0.6) is 0 Å². The van der Waals surface area contributed by atoms with Crippen molar-refractivity contribution in [2.75, 3.05) is 5.32 Å². The molecule has 0 spiro atoms. The number of hydrogen-bond acceptors (Lipinski definition) is 4. The van der Waals surface area contributed by atoms with Crippen molar-refractivity contribution in [2.45, 2.75) is 11.3 Å². The Morgan fingerprint density at radius 3 is 2.59 bits per heavy atom. The number of sulfonamides is 1. The van der Waals surface area contributed by atoms with Crippen LogP contribution in [0, 0.1) is 0 Å². The van der Waals surface area contributed by atoms with Crippen LogP contribution in [-0.2, 0) is 14.8 Å².